The molecule has 0 radical (unpaired) electrons. The molecule has 1 aromatic carbocycles. The van der Waals surface area contributed by atoms with E-state index in [1.54, 1.807) is 12.1 Å². The average Bonchev–Trinajstić information content (AvgIpc) is 2.94. The van der Waals surface area contributed by atoms with Crippen LogP contribution in [-0.4, -0.2) is 37.3 Å². The van der Waals surface area contributed by atoms with Gasteiger partial charge in [-0.2, -0.15) is 0 Å². The molecule has 108 valence electrons. The van der Waals surface area contributed by atoms with Gasteiger partial charge in [0.2, 0.25) is 0 Å². The largest absolute Gasteiger partial charge is 0.331 e. The summed E-state index contributed by atoms with van der Waals surface area (Å²) in [5, 5.41) is 3.37. The Hall–Kier alpha value is -1.40. The highest BCUT2D eigenvalue weighted by Gasteiger charge is 2.34. The number of imidazole rings is 1. The summed E-state index contributed by atoms with van der Waals surface area (Å²) in [7, 11) is -1.20. The van der Waals surface area contributed by atoms with Crippen LogP contribution in [-0.2, 0) is 22.3 Å². The van der Waals surface area contributed by atoms with Crippen molar-refractivity contribution in [3.05, 3.63) is 24.0 Å². The molecule has 2 aromatic rings. The summed E-state index contributed by atoms with van der Waals surface area (Å²) >= 11 is 0. The quantitative estimate of drug-likeness (QED) is 0.904. The molecule has 3 rings (SSSR count). The third-order valence-corrected chi connectivity index (χ3v) is 5.30. The SMILES string of the molecule is Cn1c(C2(C)CCNC2)nc2cc(S(C)(=O)=O)ccc21. The molecule has 1 aliphatic heterocycles. The molecular weight excluding hydrogens is 274 g/mol. The lowest BCUT2D eigenvalue weighted by molar-refractivity contribution is 0.475. The van der Waals surface area contributed by atoms with E-state index >= 15 is 0 Å². The Labute approximate surface area is 118 Å². The predicted octanol–water partition coefficient (Wildman–Crippen LogP) is 1.23. The first kappa shape index (κ1) is 13.6. The zero-order valence-electron chi connectivity index (χ0n) is 12.0. The minimum absolute atomic E-state index is 0.0129. The number of nitrogens with one attached hydrogen (secondary N) is 1. The van der Waals surface area contributed by atoms with Crippen LogP contribution in [0, 0.1) is 0 Å². The molecule has 1 saturated heterocycles. The molecule has 1 fully saturated rings. The van der Waals surface area contributed by atoms with Gasteiger partial charge >= 0.3 is 0 Å². The van der Waals surface area contributed by atoms with E-state index < -0.39 is 9.84 Å². The molecule has 0 saturated carbocycles. The van der Waals surface area contributed by atoms with Crippen LogP contribution in [0.5, 0.6) is 0 Å². The van der Waals surface area contributed by atoms with Crippen molar-refractivity contribution in [2.75, 3.05) is 19.3 Å². The first-order valence-electron chi connectivity index (χ1n) is 6.69. The standard InChI is InChI=1S/C14H19N3O2S/c1-14(6-7-15-9-14)13-16-11-8-10(20(3,18)19)4-5-12(11)17(13)2/h4-5,8,15H,6-7,9H2,1-3H3. The van der Waals surface area contributed by atoms with Gasteiger partial charge in [0.05, 0.1) is 15.9 Å². The first-order valence-corrected chi connectivity index (χ1v) is 8.58. The van der Waals surface area contributed by atoms with Crippen LogP contribution < -0.4 is 5.32 Å². The van der Waals surface area contributed by atoms with Crippen LogP contribution >= 0.6 is 0 Å². The van der Waals surface area contributed by atoms with Gasteiger partial charge in [0, 0.05) is 25.3 Å². The Balaban J connectivity index is 2.19. The lowest BCUT2D eigenvalue weighted by atomic mass is 9.89. The number of hydrogen-bond donors (Lipinski definition) is 1. The third-order valence-electron chi connectivity index (χ3n) is 4.19. The number of fused-ring (bicyclic) bond motifs is 1. The van der Waals surface area contributed by atoms with Gasteiger partial charge in [0.25, 0.3) is 0 Å². The maximum Gasteiger partial charge on any atom is 0.175 e. The van der Waals surface area contributed by atoms with E-state index in [1.165, 1.54) is 6.26 Å². The Bertz CT molecular complexity index is 771. The fourth-order valence-corrected chi connectivity index (χ4v) is 3.60. The number of benzene rings is 1. The molecule has 0 spiro atoms. The zero-order chi connectivity index (χ0) is 14.5. The van der Waals surface area contributed by atoms with Crippen molar-refractivity contribution in [2.24, 2.45) is 7.05 Å². The molecule has 0 bridgehead atoms. The normalized spacial score (nSPS) is 23.6. The molecule has 0 amide bonds. The predicted molar refractivity (Wildman–Crippen MR) is 78.7 cm³/mol. The van der Waals surface area contributed by atoms with E-state index in [2.05, 4.69) is 16.8 Å². The van der Waals surface area contributed by atoms with Gasteiger partial charge < -0.3 is 9.88 Å². The summed E-state index contributed by atoms with van der Waals surface area (Å²) in [6, 6.07) is 5.16. The monoisotopic (exact) mass is 293 g/mol. The Morgan fingerprint density at radius 2 is 2.15 bits per heavy atom. The van der Waals surface area contributed by atoms with E-state index in [-0.39, 0.29) is 5.41 Å². The van der Waals surface area contributed by atoms with Crippen molar-refractivity contribution in [1.29, 1.82) is 0 Å². The molecule has 5 nitrogen and oxygen atoms in total. The topological polar surface area (TPSA) is 64.0 Å². The lowest BCUT2D eigenvalue weighted by Gasteiger charge is -2.21. The fraction of sp³-hybridized carbons (Fsp3) is 0.500. The van der Waals surface area contributed by atoms with Gasteiger partial charge in [0.1, 0.15) is 5.82 Å². The van der Waals surface area contributed by atoms with Crippen LogP contribution in [0.15, 0.2) is 23.1 Å². The molecule has 1 atom stereocenters. The number of aromatic nitrogens is 2. The van der Waals surface area contributed by atoms with Crippen molar-refractivity contribution >= 4 is 20.9 Å². The molecule has 20 heavy (non-hydrogen) atoms. The molecule has 0 aliphatic carbocycles. The summed E-state index contributed by atoms with van der Waals surface area (Å²) < 4.78 is 25.4. The lowest BCUT2D eigenvalue weighted by Crippen LogP contribution is -2.28. The van der Waals surface area contributed by atoms with Gasteiger partial charge in [-0.05, 0) is 31.2 Å². The van der Waals surface area contributed by atoms with E-state index in [1.807, 2.05) is 13.1 Å². The van der Waals surface area contributed by atoms with E-state index in [9.17, 15) is 8.42 Å². The highest BCUT2D eigenvalue weighted by molar-refractivity contribution is 7.90. The summed E-state index contributed by atoms with van der Waals surface area (Å²) in [4.78, 5) is 5.02. The molecular formula is C14H19N3O2S. The van der Waals surface area contributed by atoms with E-state index in [4.69, 9.17) is 4.98 Å². The van der Waals surface area contributed by atoms with E-state index in [0.29, 0.717) is 4.90 Å². The minimum Gasteiger partial charge on any atom is -0.331 e. The van der Waals surface area contributed by atoms with Gasteiger partial charge in [0.15, 0.2) is 9.84 Å². The van der Waals surface area contributed by atoms with Crippen molar-refractivity contribution in [3.63, 3.8) is 0 Å². The van der Waals surface area contributed by atoms with Crippen molar-refractivity contribution in [1.82, 2.24) is 14.9 Å². The smallest absolute Gasteiger partial charge is 0.175 e. The third kappa shape index (κ3) is 2.03. The number of sulfone groups is 1. The highest BCUT2D eigenvalue weighted by atomic mass is 32.2. The molecule has 6 heteroatoms. The highest BCUT2D eigenvalue weighted by Crippen LogP contribution is 2.31. The number of hydrogen-bond acceptors (Lipinski definition) is 4. The maximum atomic E-state index is 11.6. The summed E-state index contributed by atoms with van der Waals surface area (Å²) in [5.74, 6) is 1.02. The van der Waals surface area contributed by atoms with Crippen LogP contribution in [0.3, 0.4) is 0 Å². The second kappa shape index (κ2) is 4.30. The average molecular weight is 293 g/mol. The fourth-order valence-electron chi connectivity index (χ4n) is 2.96. The molecule has 1 aromatic heterocycles. The second-order valence-corrected chi connectivity index (χ2v) is 7.92. The van der Waals surface area contributed by atoms with Crippen molar-refractivity contribution in [3.8, 4) is 0 Å². The van der Waals surface area contributed by atoms with Gasteiger partial charge in [-0.1, -0.05) is 6.92 Å². The van der Waals surface area contributed by atoms with Crippen molar-refractivity contribution in [2.45, 2.75) is 23.7 Å². The van der Waals surface area contributed by atoms with Gasteiger partial charge in [-0.25, -0.2) is 13.4 Å². The van der Waals surface area contributed by atoms with Crippen LogP contribution in [0.1, 0.15) is 19.2 Å². The Kier molecular flexibility index (Phi) is 2.92. The van der Waals surface area contributed by atoms with Gasteiger partial charge in [-0.15, -0.1) is 0 Å². The molecule has 2 heterocycles. The van der Waals surface area contributed by atoms with E-state index in [0.717, 1.165) is 36.4 Å². The molecule has 1 unspecified atom stereocenters. The number of nitrogens with zero attached hydrogens (tertiary/aromatic N) is 2. The van der Waals surface area contributed by atoms with Crippen molar-refractivity contribution < 1.29 is 8.42 Å². The minimum atomic E-state index is -3.19. The molecule has 1 aliphatic rings. The number of aryl methyl sites for hydroxylation is 1. The summed E-state index contributed by atoms with van der Waals surface area (Å²) in [5.41, 5.74) is 1.73. The van der Waals surface area contributed by atoms with Crippen LogP contribution in [0.4, 0.5) is 0 Å². The summed E-state index contributed by atoms with van der Waals surface area (Å²) in [6.45, 7) is 4.10. The Morgan fingerprint density at radius 3 is 2.75 bits per heavy atom. The zero-order valence-corrected chi connectivity index (χ0v) is 12.8. The molecule has 1 N–H and O–H groups in total. The number of rotatable bonds is 2. The second-order valence-electron chi connectivity index (χ2n) is 5.90. The van der Waals surface area contributed by atoms with Crippen LogP contribution in [0.2, 0.25) is 0 Å². The Morgan fingerprint density at radius 1 is 1.40 bits per heavy atom. The maximum absolute atomic E-state index is 11.6. The van der Waals surface area contributed by atoms with Gasteiger partial charge in [-0.3, -0.25) is 0 Å². The first-order chi connectivity index (χ1) is 9.31. The van der Waals surface area contributed by atoms with Crippen LogP contribution in [0.25, 0.3) is 11.0 Å². The summed E-state index contributed by atoms with van der Waals surface area (Å²) in [6.07, 6.45) is 2.27.